The molecule has 4 nitrogen and oxygen atoms in total. The maximum absolute atomic E-state index is 5.58. The summed E-state index contributed by atoms with van der Waals surface area (Å²) in [5, 5.41) is 8.45. The van der Waals surface area contributed by atoms with E-state index in [1.54, 1.807) is 0 Å². The van der Waals surface area contributed by atoms with E-state index < -0.39 is 0 Å². The highest BCUT2D eigenvalue weighted by Gasteiger charge is 2.25. The van der Waals surface area contributed by atoms with Crippen molar-refractivity contribution in [1.29, 1.82) is 0 Å². The maximum atomic E-state index is 5.58. The van der Waals surface area contributed by atoms with Crippen molar-refractivity contribution in [2.75, 3.05) is 6.54 Å². The molecule has 0 atom stereocenters. The lowest BCUT2D eigenvalue weighted by atomic mass is 10.1. The lowest BCUT2D eigenvalue weighted by Crippen LogP contribution is -2.09. The van der Waals surface area contributed by atoms with Crippen LogP contribution in [-0.2, 0) is 19.4 Å². The molecule has 0 spiro atoms. The molecule has 1 aliphatic rings. The maximum Gasteiger partial charge on any atom is 0.0871 e. The molecule has 0 aliphatic heterocycles. The van der Waals surface area contributed by atoms with Crippen molar-refractivity contribution in [1.82, 2.24) is 15.0 Å². The quantitative estimate of drug-likeness (QED) is 0.762. The first kappa shape index (κ1) is 10.6. The van der Waals surface area contributed by atoms with Gasteiger partial charge in [-0.15, -0.1) is 5.10 Å². The minimum Gasteiger partial charge on any atom is -0.330 e. The molecule has 4 heteroatoms. The molecule has 0 aromatic carbocycles. The molecule has 1 heterocycles. The fourth-order valence-electron chi connectivity index (χ4n) is 1.91. The molecule has 0 amide bonds. The predicted molar refractivity (Wildman–Crippen MR) is 59.5 cm³/mol. The van der Waals surface area contributed by atoms with Gasteiger partial charge in [-0.2, -0.15) is 0 Å². The molecule has 15 heavy (non-hydrogen) atoms. The van der Waals surface area contributed by atoms with Crippen LogP contribution in [0.25, 0.3) is 0 Å². The van der Waals surface area contributed by atoms with Crippen LogP contribution in [0.3, 0.4) is 0 Å². The van der Waals surface area contributed by atoms with Crippen molar-refractivity contribution >= 4 is 0 Å². The molecular weight excluding hydrogens is 188 g/mol. The number of nitrogens with two attached hydrogens (primary N) is 1. The molecule has 1 aromatic rings. The van der Waals surface area contributed by atoms with Gasteiger partial charge in [-0.1, -0.05) is 12.1 Å². The van der Waals surface area contributed by atoms with Crippen molar-refractivity contribution in [3.63, 3.8) is 0 Å². The fourth-order valence-corrected chi connectivity index (χ4v) is 1.91. The highest BCUT2D eigenvalue weighted by molar-refractivity contribution is 5.13. The summed E-state index contributed by atoms with van der Waals surface area (Å²) in [6, 6.07) is 0. The van der Waals surface area contributed by atoms with Crippen LogP contribution in [0.15, 0.2) is 0 Å². The minimum absolute atomic E-state index is 0.669. The van der Waals surface area contributed by atoms with Crippen LogP contribution in [0.4, 0.5) is 0 Å². The third kappa shape index (κ3) is 2.56. The number of aromatic nitrogens is 3. The second-order valence-corrected chi connectivity index (χ2v) is 4.39. The number of hydrogen-bond donors (Lipinski definition) is 1. The van der Waals surface area contributed by atoms with Crippen molar-refractivity contribution in [3.8, 4) is 0 Å². The van der Waals surface area contributed by atoms with E-state index in [0.29, 0.717) is 6.54 Å². The first-order valence-electron chi connectivity index (χ1n) is 5.96. The topological polar surface area (TPSA) is 56.7 Å². The number of aryl methyl sites for hydroxylation is 1. The smallest absolute Gasteiger partial charge is 0.0871 e. The van der Waals surface area contributed by atoms with Crippen molar-refractivity contribution in [2.24, 2.45) is 11.7 Å². The van der Waals surface area contributed by atoms with Crippen LogP contribution in [0.5, 0.6) is 0 Å². The largest absolute Gasteiger partial charge is 0.330 e. The molecule has 1 aromatic heterocycles. The SMILES string of the molecule is CCCn1nnc(CCN)c1CC1CC1. The Morgan fingerprint density at radius 2 is 2.27 bits per heavy atom. The predicted octanol–water partition coefficient (Wildman–Crippen LogP) is 1.14. The number of rotatable bonds is 6. The van der Waals surface area contributed by atoms with Gasteiger partial charge in [0.25, 0.3) is 0 Å². The second-order valence-electron chi connectivity index (χ2n) is 4.39. The summed E-state index contributed by atoms with van der Waals surface area (Å²) in [4.78, 5) is 0. The van der Waals surface area contributed by atoms with Crippen molar-refractivity contribution in [3.05, 3.63) is 11.4 Å². The van der Waals surface area contributed by atoms with E-state index in [-0.39, 0.29) is 0 Å². The number of nitrogens with zero attached hydrogens (tertiary/aromatic N) is 3. The Hall–Kier alpha value is -0.900. The average Bonchev–Trinajstić information content (AvgIpc) is 2.96. The van der Waals surface area contributed by atoms with Gasteiger partial charge in [-0.05, 0) is 38.1 Å². The highest BCUT2D eigenvalue weighted by Crippen LogP contribution is 2.33. The first-order valence-corrected chi connectivity index (χ1v) is 5.96. The van der Waals surface area contributed by atoms with Crippen molar-refractivity contribution in [2.45, 2.75) is 45.6 Å². The van der Waals surface area contributed by atoms with E-state index in [9.17, 15) is 0 Å². The first-order chi connectivity index (χ1) is 7.35. The summed E-state index contributed by atoms with van der Waals surface area (Å²) in [5.74, 6) is 0.885. The van der Waals surface area contributed by atoms with E-state index in [0.717, 1.165) is 37.4 Å². The third-order valence-corrected chi connectivity index (χ3v) is 2.91. The molecule has 2 rings (SSSR count). The van der Waals surface area contributed by atoms with E-state index in [4.69, 9.17) is 5.73 Å². The molecule has 0 saturated heterocycles. The van der Waals surface area contributed by atoms with Gasteiger partial charge in [0.15, 0.2) is 0 Å². The fraction of sp³-hybridized carbons (Fsp3) is 0.818. The zero-order valence-electron chi connectivity index (χ0n) is 9.45. The molecular formula is C11H20N4. The molecule has 84 valence electrons. The standard InChI is InChI=1S/C11H20N4/c1-2-7-15-11(8-9-3-4-9)10(5-6-12)13-14-15/h9H,2-8,12H2,1H3. The summed E-state index contributed by atoms with van der Waals surface area (Å²) in [7, 11) is 0. The Morgan fingerprint density at radius 3 is 2.87 bits per heavy atom. The summed E-state index contributed by atoms with van der Waals surface area (Å²) < 4.78 is 2.07. The Morgan fingerprint density at radius 1 is 1.47 bits per heavy atom. The summed E-state index contributed by atoms with van der Waals surface area (Å²) in [5.41, 5.74) is 8.04. The second kappa shape index (κ2) is 4.75. The summed E-state index contributed by atoms with van der Waals surface area (Å²) in [6.45, 7) is 3.83. The molecule has 1 saturated carbocycles. The summed E-state index contributed by atoms with van der Waals surface area (Å²) in [6.07, 6.45) is 5.88. The Labute approximate surface area is 90.8 Å². The average molecular weight is 208 g/mol. The lowest BCUT2D eigenvalue weighted by molar-refractivity contribution is 0.547. The molecule has 2 N–H and O–H groups in total. The molecule has 0 radical (unpaired) electrons. The van der Waals surface area contributed by atoms with E-state index in [1.807, 2.05) is 0 Å². The lowest BCUT2D eigenvalue weighted by Gasteiger charge is -2.05. The van der Waals surface area contributed by atoms with Crippen LogP contribution in [-0.4, -0.2) is 21.5 Å². The molecule has 1 fully saturated rings. The normalized spacial score (nSPS) is 15.9. The van der Waals surface area contributed by atoms with Gasteiger partial charge in [-0.25, -0.2) is 4.68 Å². The van der Waals surface area contributed by atoms with Crippen molar-refractivity contribution < 1.29 is 0 Å². The van der Waals surface area contributed by atoms with E-state index in [2.05, 4.69) is 21.9 Å². The van der Waals surface area contributed by atoms with Gasteiger partial charge >= 0.3 is 0 Å². The monoisotopic (exact) mass is 208 g/mol. The molecule has 1 aliphatic carbocycles. The van der Waals surface area contributed by atoms with Crippen LogP contribution >= 0.6 is 0 Å². The molecule has 0 unspecified atom stereocenters. The zero-order chi connectivity index (χ0) is 10.7. The Kier molecular flexibility index (Phi) is 3.36. The van der Waals surface area contributed by atoms with E-state index >= 15 is 0 Å². The van der Waals surface area contributed by atoms with E-state index in [1.165, 1.54) is 18.5 Å². The van der Waals surface area contributed by atoms with Crippen LogP contribution in [0.1, 0.15) is 37.6 Å². The van der Waals surface area contributed by atoms with Gasteiger partial charge < -0.3 is 5.73 Å². The highest BCUT2D eigenvalue weighted by atomic mass is 15.4. The van der Waals surface area contributed by atoms with Gasteiger partial charge in [-0.3, -0.25) is 0 Å². The van der Waals surface area contributed by atoms with Gasteiger partial charge in [0, 0.05) is 13.0 Å². The van der Waals surface area contributed by atoms with Crippen LogP contribution in [0, 0.1) is 5.92 Å². The molecule has 0 bridgehead atoms. The van der Waals surface area contributed by atoms with Gasteiger partial charge in [0.1, 0.15) is 0 Å². The summed E-state index contributed by atoms with van der Waals surface area (Å²) >= 11 is 0. The number of hydrogen-bond acceptors (Lipinski definition) is 3. The van der Waals surface area contributed by atoms with Gasteiger partial charge in [0.05, 0.1) is 11.4 Å². The van der Waals surface area contributed by atoms with Crippen LogP contribution in [0.2, 0.25) is 0 Å². The zero-order valence-corrected chi connectivity index (χ0v) is 9.45. The Balaban J connectivity index is 2.13. The third-order valence-electron chi connectivity index (χ3n) is 2.91. The Bertz CT molecular complexity index is 291. The van der Waals surface area contributed by atoms with Gasteiger partial charge in [0.2, 0.25) is 0 Å². The minimum atomic E-state index is 0.669. The van der Waals surface area contributed by atoms with Crippen LogP contribution < -0.4 is 5.73 Å².